The quantitative estimate of drug-likeness (QED) is 0.865. The van der Waals surface area contributed by atoms with Gasteiger partial charge in [0.1, 0.15) is 0 Å². The first-order chi connectivity index (χ1) is 10.7. The topological polar surface area (TPSA) is 56.0 Å². The molecule has 2 fully saturated rings. The van der Waals surface area contributed by atoms with Crippen molar-refractivity contribution in [2.24, 2.45) is 7.05 Å². The summed E-state index contributed by atoms with van der Waals surface area (Å²) in [5.41, 5.74) is 1.92. The molecule has 2 aromatic rings. The molecule has 0 spiro atoms. The molecule has 22 heavy (non-hydrogen) atoms. The van der Waals surface area contributed by atoms with Crippen molar-refractivity contribution >= 4 is 5.91 Å². The second kappa shape index (κ2) is 5.26. The smallest absolute Gasteiger partial charge is 0.257 e. The Morgan fingerprint density at radius 2 is 2.18 bits per heavy atom. The monoisotopic (exact) mass is 299 g/mol. The molecule has 1 saturated heterocycles. The van der Waals surface area contributed by atoms with Crippen LogP contribution in [0.25, 0.3) is 0 Å². The molecule has 0 bridgehead atoms. The standard InChI is InChI=1S/C16H21N5O/c1-19-15(12-5-6-12)14(10-18-19)16(22)21-9-2-4-13(21)11-20-8-3-7-17-20/h3,7-8,10,12-13H,2,4-6,9,11H2,1H3/t13-/m1/s1. The van der Waals surface area contributed by atoms with Crippen molar-refractivity contribution in [2.45, 2.75) is 44.2 Å². The van der Waals surface area contributed by atoms with Crippen molar-refractivity contribution in [1.29, 1.82) is 0 Å². The fourth-order valence-corrected chi connectivity index (χ4v) is 3.52. The van der Waals surface area contributed by atoms with Crippen LogP contribution in [0.2, 0.25) is 0 Å². The first-order valence-corrected chi connectivity index (χ1v) is 8.04. The predicted molar refractivity (Wildman–Crippen MR) is 81.5 cm³/mol. The number of hydrogen-bond acceptors (Lipinski definition) is 3. The van der Waals surface area contributed by atoms with Gasteiger partial charge in [0, 0.05) is 31.9 Å². The third-order valence-electron chi connectivity index (χ3n) is 4.77. The van der Waals surface area contributed by atoms with Gasteiger partial charge in [0.05, 0.1) is 30.0 Å². The molecule has 2 aromatic heterocycles. The lowest BCUT2D eigenvalue weighted by Crippen LogP contribution is -2.38. The summed E-state index contributed by atoms with van der Waals surface area (Å²) in [7, 11) is 1.94. The zero-order valence-electron chi connectivity index (χ0n) is 12.9. The van der Waals surface area contributed by atoms with E-state index in [1.807, 2.05) is 33.6 Å². The zero-order valence-corrected chi connectivity index (χ0v) is 12.9. The van der Waals surface area contributed by atoms with E-state index < -0.39 is 0 Å². The maximum absolute atomic E-state index is 13.0. The van der Waals surface area contributed by atoms with E-state index in [0.29, 0.717) is 5.92 Å². The lowest BCUT2D eigenvalue weighted by molar-refractivity contribution is 0.0720. The van der Waals surface area contributed by atoms with Gasteiger partial charge >= 0.3 is 0 Å². The van der Waals surface area contributed by atoms with Crippen LogP contribution in [0.1, 0.15) is 47.7 Å². The maximum Gasteiger partial charge on any atom is 0.257 e. The van der Waals surface area contributed by atoms with Crippen molar-refractivity contribution in [3.63, 3.8) is 0 Å². The van der Waals surface area contributed by atoms with Crippen LogP contribution in [0.4, 0.5) is 0 Å². The Kier molecular flexibility index (Phi) is 3.24. The maximum atomic E-state index is 13.0. The number of amides is 1. The van der Waals surface area contributed by atoms with E-state index >= 15 is 0 Å². The Balaban J connectivity index is 1.56. The number of rotatable bonds is 4. The lowest BCUT2D eigenvalue weighted by Gasteiger charge is -2.24. The summed E-state index contributed by atoms with van der Waals surface area (Å²) < 4.78 is 3.80. The van der Waals surface area contributed by atoms with Crippen LogP contribution >= 0.6 is 0 Å². The molecule has 0 radical (unpaired) electrons. The molecule has 0 N–H and O–H groups in total. The fourth-order valence-electron chi connectivity index (χ4n) is 3.52. The summed E-state index contributed by atoms with van der Waals surface area (Å²) in [6, 6.07) is 2.16. The van der Waals surface area contributed by atoms with Crippen molar-refractivity contribution in [2.75, 3.05) is 6.54 Å². The second-order valence-electron chi connectivity index (χ2n) is 6.36. The minimum atomic E-state index is 0.143. The minimum Gasteiger partial charge on any atom is -0.334 e. The van der Waals surface area contributed by atoms with Crippen molar-refractivity contribution in [3.8, 4) is 0 Å². The van der Waals surface area contributed by atoms with E-state index in [1.54, 1.807) is 12.4 Å². The number of likely N-dealkylation sites (tertiary alicyclic amines) is 1. The Labute approximate surface area is 129 Å². The van der Waals surface area contributed by atoms with E-state index in [0.717, 1.165) is 37.2 Å². The van der Waals surface area contributed by atoms with Crippen LogP contribution in [0.5, 0.6) is 0 Å². The summed E-state index contributed by atoms with van der Waals surface area (Å²) in [6.07, 6.45) is 9.96. The van der Waals surface area contributed by atoms with Gasteiger partial charge < -0.3 is 4.90 Å². The first kappa shape index (κ1) is 13.5. The summed E-state index contributed by atoms with van der Waals surface area (Å²) in [4.78, 5) is 15.0. The van der Waals surface area contributed by atoms with Crippen molar-refractivity contribution in [3.05, 3.63) is 35.9 Å². The van der Waals surface area contributed by atoms with E-state index in [9.17, 15) is 4.79 Å². The Bertz CT molecular complexity index is 671. The first-order valence-electron chi connectivity index (χ1n) is 8.04. The highest BCUT2D eigenvalue weighted by Gasteiger charge is 2.36. The van der Waals surface area contributed by atoms with Gasteiger partial charge in [0.25, 0.3) is 5.91 Å². The molecule has 2 aliphatic rings. The van der Waals surface area contributed by atoms with E-state index in [4.69, 9.17) is 0 Å². The molecule has 1 aliphatic heterocycles. The highest BCUT2D eigenvalue weighted by Crippen LogP contribution is 2.41. The molecule has 1 aliphatic carbocycles. The van der Waals surface area contributed by atoms with Gasteiger partial charge in [-0.3, -0.25) is 14.2 Å². The summed E-state index contributed by atoms with van der Waals surface area (Å²) in [5, 5.41) is 8.59. The SMILES string of the molecule is Cn1ncc(C(=O)N2CCC[C@@H]2Cn2cccn2)c1C1CC1. The third-order valence-corrected chi connectivity index (χ3v) is 4.77. The highest BCUT2D eigenvalue weighted by molar-refractivity contribution is 5.95. The van der Waals surface area contributed by atoms with Gasteiger partial charge in [-0.15, -0.1) is 0 Å². The van der Waals surface area contributed by atoms with Crippen molar-refractivity contribution < 1.29 is 4.79 Å². The van der Waals surface area contributed by atoms with Gasteiger partial charge in [-0.05, 0) is 31.7 Å². The summed E-state index contributed by atoms with van der Waals surface area (Å²) in [5.74, 6) is 0.670. The molecule has 116 valence electrons. The molecular weight excluding hydrogens is 278 g/mol. The number of carbonyl (C=O) groups excluding carboxylic acids is 1. The third kappa shape index (κ3) is 2.32. The normalized spacial score (nSPS) is 21.5. The molecule has 0 unspecified atom stereocenters. The van der Waals surface area contributed by atoms with E-state index in [-0.39, 0.29) is 11.9 Å². The lowest BCUT2D eigenvalue weighted by atomic mass is 10.1. The zero-order chi connectivity index (χ0) is 15.1. The minimum absolute atomic E-state index is 0.143. The molecule has 1 amide bonds. The number of carbonyl (C=O) groups is 1. The number of aryl methyl sites for hydroxylation is 1. The van der Waals surface area contributed by atoms with E-state index in [1.165, 1.54) is 12.8 Å². The number of aromatic nitrogens is 4. The Morgan fingerprint density at radius 3 is 2.91 bits per heavy atom. The van der Waals surface area contributed by atoms with Gasteiger partial charge in [-0.1, -0.05) is 0 Å². The van der Waals surface area contributed by atoms with Gasteiger partial charge in [-0.2, -0.15) is 10.2 Å². The predicted octanol–water partition coefficient (Wildman–Crippen LogP) is 1.80. The fraction of sp³-hybridized carbons (Fsp3) is 0.562. The molecule has 3 heterocycles. The van der Waals surface area contributed by atoms with E-state index in [2.05, 4.69) is 10.2 Å². The Hall–Kier alpha value is -2.11. The van der Waals surface area contributed by atoms with Crippen LogP contribution in [0, 0.1) is 0 Å². The summed E-state index contributed by atoms with van der Waals surface area (Å²) >= 11 is 0. The number of nitrogens with zero attached hydrogens (tertiary/aromatic N) is 5. The van der Waals surface area contributed by atoms with Crippen LogP contribution < -0.4 is 0 Å². The van der Waals surface area contributed by atoms with Crippen LogP contribution in [-0.2, 0) is 13.6 Å². The molecule has 6 heteroatoms. The van der Waals surface area contributed by atoms with Gasteiger partial charge in [0.2, 0.25) is 0 Å². The molecule has 1 saturated carbocycles. The number of hydrogen-bond donors (Lipinski definition) is 0. The summed E-state index contributed by atoms with van der Waals surface area (Å²) in [6.45, 7) is 1.61. The average Bonchev–Trinajstić information content (AvgIpc) is 2.94. The van der Waals surface area contributed by atoms with Gasteiger partial charge in [0.15, 0.2) is 0 Å². The molecular formula is C16H21N5O. The largest absolute Gasteiger partial charge is 0.334 e. The Morgan fingerprint density at radius 1 is 1.32 bits per heavy atom. The van der Waals surface area contributed by atoms with Gasteiger partial charge in [-0.25, -0.2) is 0 Å². The van der Waals surface area contributed by atoms with Crippen molar-refractivity contribution in [1.82, 2.24) is 24.5 Å². The highest BCUT2D eigenvalue weighted by atomic mass is 16.2. The second-order valence-corrected chi connectivity index (χ2v) is 6.36. The molecule has 0 aromatic carbocycles. The molecule has 6 nitrogen and oxygen atoms in total. The molecule has 1 atom stereocenters. The van der Waals surface area contributed by atoms with Crippen LogP contribution in [0.3, 0.4) is 0 Å². The van der Waals surface area contributed by atoms with Crippen LogP contribution in [0.15, 0.2) is 24.7 Å². The molecule has 4 rings (SSSR count). The van der Waals surface area contributed by atoms with Crippen LogP contribution in [-0.4, -0.2) is 43.0 Å². The average molecular weight is 299 g/mol.